The maximum absolute atomic E-state index is 13.3. The number of nitrogens with one attached hydrogen (secondary N) is 1. The van der Waals surface area contributed by atoms with Gasteiger partial charge in [0, 0.05) is 13.2 Å². The summed E-state index contributed by atoms with van der Waals surface area (Å²) in [5, 5.41) is 3.25. The van der Waals surface area contributed by atoms with Crippen LogP contribution in [0.5, 0.6) is 0 Å². The molecule has 1 fully saturated rings. The van der Waals surface area contributed by atoms with Crippen molar-refractivity contribution in [1.82, 2.24) is 5.32 Å². The molecule has 4 heteroatoms. The standard InChI is InChI=1S/C14H20FNO2/c1-2-16-9-14(18-13-6-7-17-10-13)11-4-3-5-12(15)8-11/h3-5,8,13-14,16H,2,6-7,9-10H2,1H3. The number of likely N-dealkylation sites (N-methyl/N-ethyl adjacent to an activating group) is 1. The molecule has 0 amide bonds. The van der Waals surface area contributed by atoms with Crippen LogP contribution < -0.4 is 5.32 Å². The Labute approximate surface area is 107 Å². The predicted octanol–water partition coefficient (Wildman–Crippen LogP) is 2.28. The third kappa shape index (κ3) is 3.77. The molecule has 100 valence electrons. The van der Waals surface area contributed by atoms with E-state index in [0.717, 1.165) is 25.1 Å². The third-order valence-corrected chi connectivity index (χ3v) is 3.04. The van der Waals surface area contributed by atoms with Gasteiger partial charge in [0.05, 0.1) is 18.8 Å². The Balaban J connectivity index is 2.03. The molecule has 1 heterocycles. The molecule has 1 aliphatic rings. The van der Waals surface area contributed by atoms with E-state index in [2.05, 4.69) is 5.32 Å². The SMILES string of the molecule is CCNCC(OC1CCOC1)c1cccc(F)c1. The van der Waals surface area contributed by atoms with Crippen LogP contribution in [-0.2, 0) is 9.47 Å². The average molecular weight is 253 g/mol. The molecule has 1 aromatic rings. The Hall–Kier alpha value is -0.970. The quantitative estimate of drug-likeness (QED) is 0.843. The van der Waals surface area contributed by atoms with Gasteiger partial charge in [-0.1, -0.05) is 19.1 Å². The highest BCUT2D eigenvalue weighted by atomic mass is 19.1. The number of ether oxygens (including phenoxy) is 2. The molecule has 2 atom stereocenters. The third-order valence-electron chi connectivity index (χ3n) is 3.04. The molecule has 2 rings (SSSR count). The zero-order valence-corrected chi connectivity index (χ0v) is 10.7. The van der Waals surface area contributed by atoms with Gasteiger partial charge < -0.3 is 14.8 Å². The summed E-state index contributed by atoms with van der Waals surface area (Å²) < 4.78 is 24.6. The van der Waals surface area contributed by atoms with Gasteiger partial charge in [-0.15, -0.1) is 0 Å². The second-order valence-corrected chi connectivity index (χ2v) is 4.47. The van der Waals surface area contributed by atoms with E-state index in [1.165, 1.54) is 12.1 Å². The summed E-state index contributed by atoms with van der Waals surface area (Å²) in [4.78, 5) is 0. The number of benzene rings is 1. The van der Waals surface area contributed by atoms with Crippen molar-refractivity contribution in [3.8, 4) is 0 Å². The lowest BCUT2D eigenvalue weighted by atomic mass is 10.1. The van der Waals surface area contributed by atoms with Crippen molar-refractivity contribution >= 4 is 0 Å². The molecular formula is C14H20FNO2. The van der Waals surface area contributed by atoms with Crippen molar-refractivity contribution in [3.63, 3.8) is 0 Å². The van der Waals surface area contributed by atoms with Gasteiger partial charge in [-0.2, -0.15) is 0 Å². The van der Waals surface area contributed by atoms with Crippen LogP contribution in [0.15, 0.2) is 24.3 Å². The summed E-state index contributed by atoms with van der Waals surface area (Å²) >= 11 is 0. The topological polar surface area (TPSA) is 30.5 Å². The Morgan fingerprint density at radius 2 is 2.44 bits per heavy atom. The summed E-state index contributed by atoms with van der Waals surface area (Å²) in [7, 11) is 0. The molecule has 1 aliphatic heterocycles. The summed E-state index contributed by atoms with van der Waals surface area (Å²) in [6.07, 6.45) is 0.919. The smallest absolute Gasteiger partial charge is 0.123 e. The van der Waals surface area contributed by atoms with Gasteiger partial charge >= 0.3 is 0 Å². The zero-order chi connectivity index (χ0) is 12.8. The van der Waals surface area contributed by atoms with Crippen molar-refractivity contribution in [2.24, 2.45) is 0 Å². The molecular weight excluding hydrogens is 233 g/mol. The second-order valence-electron chi connectivity index (χ2n) is 4.47. The zero-order valence-electron chi connectivity index (χ0n) is 10.7. The number of halogens is 1. The van der Waals surface area contributed by atoms with Gasteiger partial charge in [0.2, 0.25) is 0 Å². The molecule has 0 aliphatic carbocycles. The maximum atomic E-state index is 13.3. The monoisotopic (exact) mass is 253 g/mol. The van der Waals surface area contributed by atoms with Gasteiger partial charge in [0.25, 0.3) is 0 Å². The first-order valence-corrected chi connectivity index (χ1v) is 6.49. The molecule has 0 radical (unpaired) electrons. The minimum atomic E-state index is -0.222. The van der Waals surface area contributed by atoms with E-state index in [0.29, 0.717) is 13.2 Å². The first kappa shape index (κ1) is 13.5. The molecule has 2 unspecified atom stereocenters. The van der Waals surface area contributed by atoms with E-state index in [1.807, 2.05) is 13.0 Å². The van der Waals surface area contributed by atoms with Crippen molar-refractivity contribution in [1.29, 1.82) is 0 Å². The predicted molar refractivity (Wildman–Crippen MR) is 68.0 cm³/mol. The molecule has 1 aromatic carbocycles. The lowest BCUT2D eigenvalue weighted by molar-refractivity contribution is -0.0163. The molecule has 1 saturated heterocycles. The number of rotatable bonds is 6. The summed E-state index contributed by atoms with van der Waals surface area (Å²) in [5.41, 5.74) is 0.878. The molecule has 18 heavy (non-hydrogen) atoms. The van der Waals surface area contributed by atoms with E-state index in [-0.39, 0.29) is 18.0 Å². The van der Waals surface area contributed by atoms with Crippen molar-refractivity contribution in [3.05, 3.63) is 35.6 Å². The lowest BCUT2D eigenvalue weighted by Gasteiger charge is -2.22. The van der Waals surface area contributed by atoms with Crippen molar-refractivity contribution in [2.45, 2.75) is 25.6 Å². The Kier molecular flexibility index (Phi) is 5.11. The highest BCUT2D eigenvalue weighted by Crippen LogP contribution is 2.22. The molecule has 0 aromatic heterocycles. The number of hydrogen-bond donors (Lipinski definition) is 1. The highest BCUT2D eigenvalue weighted by Gasteiger charge is 2.22. The molecule has 0 spiro atoms. The fourth-order valence-corrected chi connectivity index (χ4v) is 2.08. The lowest BCUT2D eigenvalue weighted by Crippen LogP contribution is -2.27. The normalized spacial score (nSPS) is 21.1. The van der Waals surface area contributed by atoms with Crippen molar-refractivity contribution in [2.75, 3.05) is 26.3 Å². The van der Waals surface area contributed by atoms with E-state index in [9.17, 15) is 4.39 Å². The summed E-state index contributed by atoms with van der Waals surface area (Å²) in [5.74, 6) is -0.222. The summed E-state index contributed by atoms with van der Waals surface area (Å²) in [6.45, 7) is 4.99. The van der Waals surface area contributed by atoms with Crippen LogP contribution in [0.25, 0.3) is 0 Å². The first-order chi connectivity index (χ1) is 8.79. The first-order valence-electron chi connectivity index (χ1n) is 6.49. The van der Waals surface area contributed by atoms with Crippen LogP contribution in [0.2, 0.25) is 0 Å². The van der Waals surface area contributed by atoms with Gasteiger partial charge in [-0.3, -0.25) is 0 Å². The molecule has 3 nitrogen and oxygen atoms in total. The average Bonchev–Trinajstić information content (AvgIpc) is 2.87. The number of hydrogen-bond acceptors (Lipinski definition) is 3. The maximum Gasteiger partial charge on any atom is 0.123 e. The van der Waals surface area contributed by atoms with E-state index < -0.39 is 0 Å². The van der Waals surface area contributed by atoms with Crippen LogP contribution in [0, 0.1) is 5.82 Å². The van der Waals surface area contributed by atoms with Crippen LogP contribution in [-0.4, -0.2) is 32.4 Å². The molecule has 0 saturated carbocycles. The van der Waals surface area contributed by atoms with E-state index in [4.69, 9.17) is 9.47 Å². The van der Waals surface area contributed by atoms with Crippen LogP contribution in [0.3, 0.4) is 0 Å². The van der Waals surface area contributed by atoms with Gasteiger partial charge in [-0.25, -0.2) is 4.39 Å². The fraction of sp³-hybridized carbons (Fsp3) is 0.571. The van der Waals surface area contributed by atoms with Gasteiger partial charge in [0.15, 0.2) is 0 Å². The van der Waals surface area contributed by atoms with Crippen LogP contribution in [0.4, 0.5) is 4.39 Å². The minimum absolute atomic E-state index is 0.118. The minimum Gasteiger partial charge on any atom is -0.379 e. The van der Waals surface area contributed by atoms with Crippen molar-refractivity contribution < 1.29 is 13.9 Å². The Morgan fingerprint density at radius 1 is 1.56 bits per heavy atom. The van der Waals surface area contributed by atoms with Gasteiger partial charge in [0.1, 0.15) is 5.82 Å². The second kappa shape index (κ2) is 6.83. The fourth-order valence-electron chi connectivity index (χ4n) is 2.08. The van der Waals surface area contributed by atoms with E-state index >= 15 is 0 Å². The highest BCUT2D eigenvalue weighted by molar-refractivity contribution is 5.19. The Morgan fingerprint density at radius 3 is 3.11 bits per heavy atom. The Bertz CT molecular complexity index is 367. The molecule has 0 bridgehead atoms. The van der Waals surface area contributed by atoms with Crippen LogP contribution >= 0.6 is 0 Å². The molecule has 1 N–H and O–H groups in total. The largest absolute Gasteiger partial charge is 0.379 e. The van der Waals surface area contributed by atoms with Gasteiger partial charge in [-0.05, 0) is 30.7 Å². The van der Waals surface area contributed by atoms with E-state index in [1.54, 1.807) is 6.07 Å². The summed E-state index contributed by atoms with van der Waals surface area (Å²) in [6, 6.07) is 6.61. The van der Waals surface area contributed by atoms with Crippen LogP contribution in [0.1, 0.15) is 25.0 Å².